The zero-order valence-electron chi connectivity index (χ0n) is 23.6. The van der Waals surface area contributed by atoms with Crippen molar-refractivity contribution in [3.05, 3.63) is 95.1 Å². The maximum Gasteiger partial charge on any atom is 0.297 e. The van der Waals surface area contributed by atoms with Gasteiger partial charge in [0, 0.05) is 19.6 Å². The van der Waals surface area contributed by atoms with Crippen LogP contribution in [0.2, 0.25) is 0 Å². The van der Waals surface area contributed by atoms with E-state index in [9.17, 15) is 8.42 Å². The summed E-state index contributed by atoms with van der Waals surface area (Å²) in [4.78, 5) is 2.64. The summed E-state index contributed by atoms with van der Waals surface area (Å²) in [7, 11) is -3.77. The summed E-state index contributed by atoms with van der Waals surface area (Å²) in [5.74, 6) is 0.814. The van der Waals surface area contributed by atoms with Crippen molar-refractivity contribution in [1.82, 2.24) is 4.90 Å². The van der Waals surface area contributed by atoms with Crippen molar-refractivity contribution in [3.63, 3.8) is 0 Å². The Balaban J connectivity index is 0.906. The Hall–Kier alpha value is -2.79. The van der Waals surface area contributed by atoms with E-state index >= 15 is 0 Å². The average Bonchev–Trinajstić information content (AvgIpc) is 3.34. The highest BCUT2D eigenvalue weighted by Crippen LogP contribution is 2.44. The van der Waals surface area contributed by atoms with Crippen molar-refractivity contribution in [2.24, 2.45) is 0 Å². The molecule has 3 aromatic carbocycles. The molecule has 2 aliphatic heterocycles. The minimum absolute atomic E-state index is 0.0448. The summed E-state index contributed by atoms with van der Waals surface area (Å²) in [6.45, 7) is 7.32. The van der Waals surface area contributed by atoms with Crippen molar-refractivity contribution in [2.75, 3.05) is 52.7 Å². The number of ether oxygens (including phenoxy) is 4. The molecular weight excluding hydrogens is 542 g/mol. The normalized spacial score (nSPS) is 16.6. The molecular formula is C32H39NO7S. The van der Waals surface area contributed by atoms with Gasteiger partial charge in [0.15, 0.2) is 0 Å². The standard InChI is InChI=1S/C32H39NO7S/c1-26-6-12-30(13-7-26)41(34,35)40-23-21-37-19-18-36-20-22-38-29-10-8-27(9-11-29)24-33-16-14-32(15-17-33)31-5-3-2-4-28(31)25-39-32/h2-13H,14-25H2,1H3. The summed E-state index contributed by atoms with van der Waals surface area (Å²) in [6, 6.07) is 23.4. The van der Waals surface area contributed by atoms with E-state index in [4.69, 9.17) is 23.1 Å². The minimum Gasteiger partial charge on any atom is -0.491 e. The van der Waals surface area contributed by atoms with Gasteiger partial charge in [-0.15, -0.1) is 0 Å². The first-order valence-corrected chi connectivity index (χ1v) is 15.6. The molecule has 0 bridgehead atoms. The van der Waals surface area contributed by atoms with E-state index in [1.165, 1.54) is 28.8 Å². The summed E-state index contributed by atoms with van der Waals surface area (Å²) in [5, 5.41) is 0. The molecule has 0 unspecified atom stereocenters. The van der Waals surface area contributed by atoms with Crippen LogP contribution in [0, 0.1) is 6.92 Å². The van der Waals surface area contributed by atoms with Crippen LogP contribution < -0.4 is 4.74 Å². The molecule has 1 saturated heterocycles. The second-order valence-electron chi connectivity index (χ2n) is 10.5. The van der Waals surface area contributed by atoms with Gasteiger partial charge in [-0.3, -0.25) is 9.08 Å². The van der Waals surface area contributed by atoms with Gasteiger partial charge in [0.25, 0.3) is 10.1 Å². The number of piperidine rings is 1. The van der Waals surface area contributed by atoms with Crippen molar-refractivity contribution in [1.29, 1.82) is 0 Å². The molecule has 0 radical (unpaired) electrons. The molecule has 41 heavy (non-hydrogen) atoms. The Labute approximate surface area is 243 Å². The SMILES string of the molecule is Cc1ccc(S(=O)(=O)OCCOCCOCCOc2ccc(CN3CCC4(CC3)OCc3ccccc34)cc2)cc1. The number of hydrogen-bond acceptors (Lipinski definition) is 8. The third-order valence-electron chi connectivity index (χ3n) is 7.65. The lowest BCUT2D eigenvalue weighted by Gasteiger charge is -2.39. The lowest BCUT2D eigenvalue weighted by Crippen LogP contribution is -2.42. The number of nitrogens with zero attached hydrogens (tertiary/aromatic N) is 1. The second kappa shape index (κ2) is 13.9. The maximum atomic E-state index is 12.1. The molecule has 0 saturated carbocycles. The molecule has 0 aromatic heterocycles. The molecule has 1 fully saturated rings. The highest BCUT2D eigenvalue weighted by molar-refractivity contribution is 7.86. The van der Waals surface area contributed by atoms with Crippen LogP contribution in [0.25, 0.3) is 0 Å². The van der Waals surface area contributed by atoms with E-state index < -0.39 is 10.1 Å². The molecule has 9 heteroatoms. The van der Waals surface area contributed by atoms with E-state index in [0.717, 1.165) is 50.4 Å². The van der Waals surface area contributed by atoms with Crippen LogP contribution in [-0.4, -0.2) is 66.0 Å². The fourth-order valence-corrected chi connectivity index (χ4v) is 6.23. The Kier molecular flexibility index (Phi) is 10.1. The maximum absolute atomic E-state index is 12.1. The lowest BCUT2D eigenvalue weighted by molar-refractivity contribution is -0.0799. The predicted molar refractivity (Wildman–Crippen MR) is 155 cm³/mol. The molecule has 0 atom stereocenters. The Bertz CT molecular complexity index is 1350. The van der Waals surface area contributed by atoms with E-state index in [-0.39, 0.29) is 23.7 Å². The van der Waals surface area contributed by atoms with Crippen LogP contribution in [0.4, 0.5) is 0 Å². The van der Waals surface area contributed by atoms with Gasteiger partial charge in [0.1, 0.15) is 12.4 Å². The molecule has 220 valence electrons. The van der Waals surface area contributed by atoms with E-state index in [1.54, 1.807) is 12.1 Å². The first kappa shape index (κ1) is 29.7. The monoisotopic (exact) mass is 581 g/mol. The molecule has 2 aliphatic rings. The number of fused-ring (bicyclic) bond motifs is 2. The molecule has 0 aliphatic carbocycles. The molecule has 0 N–H and O–H groups in total. The molecule has 3 aromatic rings. The molecule has 8 nitrogen and oxygen atoms in total. The van der Waals surface area contributed by atoms with Crippen LogP contribution in [0.3, 0.4) is 0 Å². The number of likely N-dealkylation sites (tertiary alicyclic amines) is 1. The third kappa shape index (κ3) is 7.94. The predicted octanol–water partition coefficient (Wildman–Crippen LogP) is 4.83. The topological polar surface area (TPSA) is 83.5 Å². The number of rotatable bonds is 14. The van der Waals surface area contributed by atoms with Gasteiger partial charge in [-0.25, -0.2) is 0 Å². The molecule has 5 rings (SSSR count). The lowest BCUT2D eigenvalue weighted by atomic mass is 9.84. The molecule has 1 spiro atoms. The van der Waals surface area contributed by atoms with Gasteiger partial charge in [-0.2, -0.15) is 8.42 Å². The van der Waals surface area contributed by atoms with Crippen molar-refractivity contribution in [3.8, 4) is 5.75 Å². The van der Waals surface area contributed by atoms with Gasteiger partial charge in [0.05, 0.1) is 50.1 Å². The first-order chi connectivity index (χ1) is 19.9. The zero-order chi connectivity index (χ0) is 28.5. The summed E-state index contributed by atoms with van der Waals surface area (Å²) in [5.41, 5.74) is 4.88. The van der Waals surface area contributed by atoms with Crippen LogP contribution >= 0.6 is 0 Å². The smallest absolute Gasteiger partial charge is 0.297 e. The van der Waals surface area contributed by atoms with Crippen LogP contribution in [-0.2, 0) is 47.3 Å². The van der Waals surface area contributed by atoms with Gasteiger partial charge >= 0.3 is 0 Å². The zero-order valence-corrected chi connectivity index (χ0v) is 24.4. The van der Waals surface area contributed by atoms with E-state index in [2.05, 4.69) is 41.3 Å². The Morgan fingerprint density at radius 1 is 0.805 bits per heavy atom. The first-order valence-electron chi connectivity index (χ1n) is 14.2. The minimum atomic E-state index is -3.77. The largest absolute Gasteiger partial charge is 0.491 e. The van der Waals surface area contributed by atoms with E-state index in [1.807, 2.05) is 19.1 Å². The van der Waals surface area contributed by atoms with Gasteiger partial charge in [0.2, 0.25) is 0 Å². The van der Waals surface area contributed by atoms with Gasteiger partial charge in [-0.05, 0) is 60.7 Å². The van der Waals surface area contributed by atoms with Crippen molar-refractivity contribution < 1.29 is 31.5 Å². The Morgan fingerprint density at radius 2 is 1.46 bits per heavy atom. The van der Waals surface area contributed by atoms with E-state index in [0.29, 0.717) is 26.4 Å². The van der Waals surface area contributed by atoms with Gasteiger partial charge in [-0.1, -0.05) is 54.1 Å². The van der Waals surface area contributed by atoms with Crippen LogP contribution in [0.5, 0.6) is 5.75 Å². The third-order valence-corrected chi connectivity index (χ3v) is 8.98. The summed E-state index contributed by atoms with van der Waals surface area (Å²) in [6.07, 6.45) is 2.06. The fraction of sp³-hybridized carbons (Fsp3) is 0.438. The fourth-order valence-electron chi connectivity index (χ4n) is 5.34. The van der Waals surface area contributed by atoms with Crippen molar-refractivity contribution in [2.45, 2.75) is 43.4 Å². The molecule has 2 heterocycles. The summed E-state index contributed by atoms with van der Waals surface area (Å²) < 4.78 is 52.3. The highest BCUT2D eigenvalue weighted by atomic mass is 32.2. The number of aryl methyl sites for hydroxylation is 1. The quantitative estimate of drug-likeness (QED) is 0.198. The van der Waals surface area contributed by atoms with Crippen molar-refractivity contribution >= 4 is 10.1 Å². The number of hydrogen-bond donors (Lipinski definition) is 0. The summed E-state index contributed by atoms with van der Waals surface area (Å²) >= 11 is 0. The van der Waals surface area contributed by atoms with Crippen LogP contribution in [0.1, 0.15) is 35.1 Å². The molecule has 0 amide bonds. The highest BCUT2D eigenvalue weighted by Gasteiger charge is 2.42. The van der Waals surface area contributed by atoms with Gasteiger partial charge < -0.3 is 18.9 Å². The number of benzene rings is 3. The van der Waals surface area contributed by atoms with Crippen LogP contribution in [0.15, 0.2) is 77.7 Å². The second-order valence-corrected chi connectivity index (χ2v) is 12.1. The average molecular weight is 582 g/mol. The Morgan fingerprint density at radius 3 is 2.20 bits per heavy atom.